The molecule has 0 radical (unpaired) electrons. The first-order chi connectivity index (χ1) is 7.69. The Kier molecular flexibility index (Phi) is 2.83. The van der Waals surface area contributed by atoms with E-state index < -0.39 is 0 Å². The van der Waals surface area contributed by atoms with Crippen LogP contribution in [0.15, 0.2) is 18.2 Å². The van der Waals surface area contributed by atoms with Crippen LogP contribution in [-0.2, 0) is 11.2 Å². The van der Waals surface area contributed by atoms with Gasteiger partial charge in [0.2, 0.25) is 0 Å². The SMILES string of the molecule is CCc1c(C(=O)OC)sc2c(N)cccc12. The monoisotopic (exact) mass is 235 g/mol. The van der Waals surface area contributed by atoms with E-state index in [0.29, 0.717) is 10.6 Å². The summed E-state index contributed by atoms with van der Waals surface area (Å²) in [5, 5.41) is 1.06. The number of nitrogen functional groups attached to an aromatic ring is 1. The molecule has 3 nitrogen and oxygen atoms in total. The van der Waals surface area contributed by atoms with Crippen LogP contribution in [0.4, 0.5) is 5.69 Å². The number of thiophene rings is 1. The van der Waals surface area contributed by atoms with Crippen molar-refractivity contribution in [2.24, 2.45) is 0 Å². The van der Waals surface area contributed by atoms with Crippen LogP contribution >= 0.6 is 11.3 Å². The largest absolute Gasteiger partial charge is 0.465 e. The Morgan fingerprint density at radius 2 is 2.25 bits per heavy atom. The minimum absolute atomic E-state index is 0.280. The van der Waals surface area contributed by atoms with Gasteiger partial charge in [-0.15, -0.1) is 11.3 Å². The summed E-state index contributed by atoms with van der Waals surface area (Å²) in [6, 6.07) is 5.75. The number of hydrogen-bond donors (Lipinski definition) is 1. The second-order valence-corrected chi connectivity index (χ2v) is 4.50. The zero-order valence-corrected chi connectivity index (χ0v) is 10.1. The van der Waals surface area contributed by atoms with Gasteiger partial charge in [0.1, 0.15) is 4.88 Å². The molecule has 4 heteroatoms. The highest BCUT2D eigenvalue weighted by molar-refractivity contribution is 7.21. The molecule has 1 aromatic carbocycles. The lowest BCUT2D eigenvalue weighted by Crippen LogP contribution is -2.01. The molecule has 16 heavy (non-hydrogen) atoms. The van der Waals surface area contributed by atoms with E-state index in [2.05, 4.69) is 0 Å². The fourth-order valence-electron chi connectivity index (χ4n) is 1.80. The number of benzene rings is 1. The number of fused-ring (bicyclic) bond motifs is 1. The first kappa shape index (κ1) is 11.0. The van der Waals surface area contributed by atoms with E-state index in [1.807, 2.05) is 25.1 Å². The lowest BCUT2D eigenvalue weighted by molar-refractivity contribution is 0.0605. The summed E-state index contributed by atoms with van der Waals surface area (Å²) in [4.78, 5) is 12.3. The minimum Gasteiger partial charge on any atom is -0.465 e. The maximum absolute atomic E-state index is 11.6. The van der Waals surface area contributed by atoms with E-state index in [0.717, 1.165) is 22.1 Å². The predicted octanol–water partition coefficient (Wildman–Crippen LogP) is 2.83. The maximum Gasteiger partial charge on any atom is 0.348 e. The number of carbonyl (C=O) groups excluding carboxylic acids is 1. The van der Waals surface area contributed by atoms with E-state index in [4.69, 9.17) is 10.5 Å². The number of anilines is 1. The normalized spacial score (nSPS) is 10.6. The summed E-state index contributed by atoms with van der Waals surface area (Å²) in [5.41, 5.74) is 7.64. The molecule has 0 saturated heterocycles. The zero-order chi connectivity index (χ0) is 11.7. The second-order valence-electron chi connectivity index (χ2n) is 3.48. The molecule has 0 spiro atoms. The average Bonchev–Trinajstić information content (AvgIpc) is 2.68. The Morgan fingerprint density at radius 1 is 1.50 bits per heavy atom. The number of methoxy groups -OCH3 is 1. The van der Waals surface area contributed by atoms with Gasteiger partial charge in [-0.3, -0.25) is 0 Å². The van der Waals surface area contributed by atoms with Crippen molar-refractivity contribution < 1.29 is 9.53 Å². The fourth-order valence-corrected chi connectivity index (χ4v) is 3.04. The first-order valence-corrected chi connectivity index (χ1v) is 5.88. The molecule has 0 aliphatic carbocycles. The van der Waals surface area contributed by atoms with E-state index in [1.165, 1.54) is 18.4 Å². The van der Waals surface area contributed by atoms with Crippen LogP contribution in [0.1, 0.15) is 22.2 Å². The molecule has 0 bridgehead atoms. The molecule has 0 aliphatic rings. The summed E-state index contributed by atoms with van der Waals surface area (Å²) in [6.07, 6.45) is 0.799. The number of nitrogens with two attached hydrogens (primary N) is 1. The lowest BCUT2D eigenvalue weighted by Gasteiger charge is -1.99. The number of ether oxygens (including phenoxy) is 1. The van der Waals surface area contributed by atoms with Crippen LogP contribution < -0.4 is 5.73 Å². The summed E-state index contributed by atoms with van der Waals surface area (Å²) >= 11 is 1.41. The summed E-state index contributed by atoms with van der Waals surface area (Å²) in [5.74, 6) is -0.280. The Bertz CT molecular complexity index is 545. The predicted molar refractivity (Wildman–Crippen MR) is 67.0 cm³/mol. The highest BCUT2D eigenvalue weighted by atomic mass is 32.1. The number of rotatable bonds is 2. The van der Waals surface area contributed by atoms with Crippen molar-refractivity contribution in [1.29, 1.82) is 0 Å². The van der Waals surface area contributed by atoms with Gasteiger partial charge in [0.15, 0.2) is 0 Å². The van der Waals surface area contributed by atoms with Crippen molar-refractivity contribution >= 4 is 33.1 Å². The van der Waals surface area contributed by atoms with Crippen molar-refractivity contribution in [3.05, 3.63) is 28.6 Å². The highest BCUT2D eigenvalue weighted by Crippen LogP contribution is 2.35. The Labute approximate surface area is 97.8 Å². The molecule has 1 aromatic heterocycles. The highest BCUT2D eigenvalue weighted by Gasteiger charge is 2.18. The topological polar surface area (TPSA) is 52.3 Å². The quantitative estimate of drug-likeness (QED) is 0.643. The Balaban J connectivity index is 2.76. The van der Waals surface area contributed by atoms with Crippen LogP contribution in [0.2, 0.25) is 0 Å². The average molecular weight is 235 g/mol. The molecular formula is C12H13NO2S. The molecule has 0 unspecified atom stereocenters. The number of carbonyl (C=O) groups is 1. The van der Waals surface area contributed by atoms with Gasteiger partial charge >= 0.3 is 5.97 Å². The Hall–Kier alpha value is -1.55. The third-order valence-electron chi connectivity index (χ3n) is 2.57. The van der Waals surface area contributed by atoms with Crippen LogP contribution in [0.3, 0.4) is 0 Å². The fraction of sp³-hybridized carbons (Fsp3) is 0.250. The maximum atomic E-state index is 11.6. The molecule has 84 valence electrons. The van der Waals surface area contributed by atoms with Gasteiger partial charge in [0.25, 0.3) is 0 Å². The number of aryl methyl sites for hydroxylation is 1. The van der Waals surface area contributed by atoms with Gasteiger partial charge in [-0.2, -0.15) is 0 Å². The molecule has 1 heterocycles. The summed E-state index contributed by atoms with van der Waals surface area (Å²) < 4.78 is 5.75. The van der Waals surface area contributed by atoms with Gasteiger partial charge in [-0.05, 0) is 23.4 Å². The molecule has 0 aliphatic heterocycles. The van der Waals surface area contributed by atoms with Crippen LogP contribution in [0, 0.1) is 0 Å². The van der Waals surface area contributed by atoms with E-state index in [-0.39, 0.29) is 5.97 Å². The zero-order valence-electron chi connectivity index (χ0n) is 9.24. The van der Waals surface area contributed by atoms with Gasteiger partial charge < -0.3 is 10.5 Å². The van der Waals surface area contributed by atoms with Crippen molar-refractivity contribution in [3.8, 4) is 0 Å². The molecule has 2 aromatic rings. The van der Waals surface area contributed by atoms with Crippen molar-refractivity contribution in [1.82, 2.24) is 0 Å². The molecule has 0 fully saturated rings. The van der Waals surface area contributed by atoms with Crippen molar-refractivity contribution in [2.75, 3.05) is 12.8 Å². The van der Waals surface area contributed by atoms with E-state index >= 15 is 0 Å². The third kappa shape index (κ3) is 1.55. The Morgan fingerprint density at radius 3 is 2.88 bits per heavy atom. The molecule has 2 N–H and O–H groups in total. The smallest absolute Gasteiger partial charge is 0.348 e. The summed E-state index contributed by atoms with van der Waals surface area (Å²) in [7, 11) is 1.40. The first-order valence-electron chi connectivity index (χ1n) is 5.07. The second kappa shape index (κ2) is 4.14. The molecular weight excluding hydrogens is 222 g/mol. The van der Waals surface area contributed by atoms with Crippen molar-refractivity contribution in [2.45, 2.75) is 13.3 Å². The molecule has 2 rings (SSSR count). The lowest BCUT2D eigenvalue weighted by atomic mass is 10.1. The van der Waals surface area contributed by atoms with Gasteiger partial charge in [-0.25, -0.2) is 4.79 Å². The number of esters is 1. The summed E-state index contributed by atoms with van der Waals surface area (Å²) in [6.45, 7) is 2.02. The third-order valence-corrected chi connectivity index (χ3v) is 3.85. The van der Waals surface area contributed by atoms with Crippen LogP contribution in [0.5, 0.6) is 0 Å². The van der Waals surface area contributed by atoms with Crippen molar-refractivity contribution in [3.63, 3.8) is 0 Å². The van der Waals surface area contributed by atoms with Crippen LogP contribution in [0.25, 0.3) is 10.1 Å². The van der Waals surface area contributed by atoms with Crippen LogP contribution in [-0.4, -0.2) is 13.1 Å². The standard InChI is InChI=1S/C12H13NO2S/c1-3-7-8-5-4-6-9(13)10(8)16-11(7)12(14)15-2/h4-6H,3,13H2,1-2H3. The van der Waals surface area contributed by atoms with E-state index in [9.17, 15) is 4.79 Å². The van der Waals surface area contributed by atoms with Gasteiger partial charge in [-0.1, -0.05) is 19.1 Å². The van der Waals surface area contributed by atoms with E-state index in [1.54, 1.807) is 0 Å². The molecule has 0 saturated carbocycles. The van der Waals surface area contributed by atoms with Gasteiger partial charge in [0, 0.05) is 5.69 Å². The van der Waals surface area contributed by atoms with Gasteiger partial charge in [0.05, 0.1) is 11.8 Å². The minimum atomic E-state index is -0.280. The molecule has 0 amide bonds. The number of hydrogen-bond acceptors (Lipinski definition) is 4. The molecule has 0 atom stereocenters.